The summed E-state index contributed by atoms with van der Waals surface area (Å²) in [6, 6.07) is 7.37. The minimum absolute atomic E-state index is 0.0190. The molecule has 0 spiro atoms. The third-order valence-corrected chi connectivity index (χ3v) is 5.64. The topological polar surface area (TPSA) is 79.9 Å². The van der Waals surface area contributed by atoms with Gasteiger partial charge in [-0.2, -0.15) is 0 Å². The van der Waals surface area contributed by atoms with E-state index in [4.69, 9.17) is 9.47 Å². The lowest BCUT2D eigenvalue weighted by Crippen LogP contribution is -2.43. The standard InChI is InChI=1S/C21H31N3O4/c1-27-19-4-2-3-18(15-19)23-21(26)17-7-5-16(6-8-17)20(25)22-9-10-24-11-13-28-14-12-24/h2-4,15-17H,5-14H2,1H3,(H,22,25)(H,23,26). The summed E-state index contributed by atoms with van der Waals surface area (Å²) in [7, 11) is 1.61. The zero-order chi connectivity index (χ0) is 19.8. The zero-order valence-corrected chi connectivity index (χ0v) is 16.6. The quantitative estimate of drug-likeness (QED) is 0.744. The lowest BCUT2D eigenvalue weighted by atomic mass is 9.81. The van der Waals surface area contributed by atoms with Gasteiger partial charge in [-0.1, -0.05) is 6.07 Å². The molecule has 28 heavy (non-hydrogen) atoms. The molecule has 1 aliphatic heterocycles. The number of carbonyl (C=O) groups is 2. The number of methoxy groups -OCH3 is 1. The van der Waals surface area contributed by atoms with Crippen molar-refractivity contribution in [2.24, 2.45) is 11.8 Å². The fourth-order valence-corrected chi connectivity index (χ4v) is 3.87. The van der Waals surface area contributed by atoms with Crippen LogP contribution in [0.1, 0.15) is 25.7 Å². The first-order chi connectivity index (χ1) is 13.7. The number of morpholine rings is 1. The second kappa shape index (κ2) is 10.4. The third-order valence-electron chi connectivity index (χ3n) is 5.64. The number of amides is 2. The molecule has 0 aromatic heterocycles. The number of nitrogens with one attached hydrogen (secondary N) is 2. The molecule has 0 bridgehead atoms. The van der Waals surface area contributed by atoms with Crippen molar-refractivity contribution in [3.05, 3.63) is 24.3 Å². The second-order valence-electron chi connectivity index (χ2n) is 7.51. The highest BCUT2D eigenvalue weighted by Crippen LogP contribution is 2.30. The van der Waals surface area contributed by atoms with Crippen LogP contribution in [0, 0.1) is 11.8 Å². The van der Waals surface area contributed by atoms with Gasteiger partial charge in [-0.3, -0.25) is 14.5 Å². The van der Waals surface area contributed by atoms with Gasteiger partial charge in [0, 0.05) is 49.8 Å². The van der Waals surface area contributed by atoms with E-state index in [1.807, 2.05) is 24.3 Å². The average molecular weight is 389 g/mol. The molecular formula is C21H31N3O4. The van der Waals surface area contributed by atoms with Gasteiger partial charge in [0.1, 0.15) is 5.75 Å². The van der Waals surface area contributed by atoms with Crippen LogP contribution in [0.25, 0.3) is 0 Å². The van der Waals surface area contributed by atoms with Crippen molar-refractivity contribution in [2.45, 2.75) is 25.7 Å². The maximum atomic E-state index is 12.5. The average Bonchev–Trinajstić information content (AvgIpc) is 2.74. The van der Waals surface area contributed by atoms with Crippen LogP contribution in [-0.4, -0.2) is 63.2 Å². The molecule has 7 nitrogen and oxygen atoms in total. The van der Waals surface area contributed by atoms with Crippen LogP contribution < -0.4 is 15.4 Å². The molecule has 0 radical (unpaired) electrons. The Morgan fingerprint density at radius 3 is 2.46 bits per heavy atom. The van der Waals surface area contributed by atoms with Gasteiger partial charge in [-0.25, -0.2) is 0 Å². The largest absolute Gasteiger partial charge is 0.497 e. The van der Waals surface area contributed by atoms with Crippen LogP contribution in [0.15, 0.2) is 24.3 Å². The first-order valence-corrected chi connectivity index (χ1v) is 10.2. The number of nitrogens with zero attached hydrogens (tertiary/aromatic N) is 1. The van der Waals surface area contributed by atoms with Crippen molar-refractivity contribution in [3.63, 3.8) is 0 Å². The normalized spacial score (nSPS) is 23.0. The number of benzene rings is 1. The van der Waals surface area contributed by atoms with Crippen molar-refractivity contribution < 1.29 is 19.1 Å². The fourth-order valence-electron chi connectivity index (χ4n) is 3.87. The van der Waals surface area contributed by atoms with Crippen molar-refractivity contribution in [1.29, 1.82) is 0 Å². The highest BCUT2D eigenvalue weighted by atomic mass is 16.5. The van der Waals surface area contributed by atoms with Crippen LogP contribution in [-0.2, 0) is 14.3 Å². The van der Waals surface area contributed by atoms with Gasteiger partial charge < -0.3 is 20.1 Å². The Balaban J connectivity index is 1.37. The van der Waals surface area contributed by atoms with Crippen LogP contribution in [0.5, 0.6) is 5.75 Å². The molecule has 0 unspecified atom stereocenters. The molecule has 1 heterocycles. The number of hydrogen-bond acceptors (Lipinski definition) is 5. The summed E-state index contributed by atoms with van der Waals surface area (Å²) >= 11 is 0. The van der Waals surface area contributed by atoms with Crippen molar-refractivity contribution in [1.82, 2.24) is 10.2 Å². The van der Waals surface area contributed by atoms with E-state index < -0.39 is 0 Å². The summed E-state index contributed by atoms with van der Waals surface area (Å²) in [6.45, 7) is 4.96. The predicted octanol–water partition coefficient (Wildman–Crippen LogP) is 1.89. The Morgan fingerprint density at radius 1 is 1.11 bits per heavy atom. The molecule has 1 saturated heterocycles. The highest BCUT2D eigenvalue weighted by molar-refractivity contribution is 5.93. The minimum Gasteiger partial charge on any atom is -0.497 e. The Bertz CT molecular complexity index is 653. The molecule has 154 valence electrons. The molecule has 1 aromatic rings. The molecule has 2 aliphatic rings. The minimum atomic E-state index is -0.0383. The fraction of sp³-hybridized carbons (Fsp3) is 0.619. The third kappa shape index (κ3) is 5.94. The van der Waals surface area contributed by atoms with Gasteiger partial charge in [0.2, 0.25) is 11.8 Å². The number of hydrogen-bond donors (Lipinski definition) is 2. The summed E-state index contributed by atoms with van der Waals surface area (Å²) in [5.74, 6) is 0.851. The van der Waals surface area contributed by atoms with E-state index in [2.05, 4.69) is 15.5 Å². The van der Waals surface area contributed by atoms with E-state index in [-0.39, 0.29) is 23.7 Å². The van der Waals surface area contributed by atoms with Crippen LogP contribution in [0.4, 0.5) is 5.69 Å². The van der Waals surface area contributed by atoms with Crippen molar-refractivity contribution in [3.8, 4) is 5.75 Å². The predicted molar refractivity (Wildman–Crippen MR) is 107 cm³/mol. The smallest absolute Gasteiger partial charge is 0.227 e. The van der Waals surface area contributed by atoms with Gasteiger partial charge in [-0.15, -0.1) is 0 Å². The Kier molecular flexibility index (Phi) is 7.68. The second-order valence-corrected chi connectivity index (χ2v) is 7.51. The van der Waals surface area contributed by atoms with Gasteiger partial charge in [0.15, 0.2) is 0 Å². The molecule has 2 N–H and O–H groups in total. The van der Waals surface area contributed by atoms with Crippen molar-refractivity contribution in [2.75, 3.05) is 51.8 Å². The lowest BCUT2D eigenvalue weighted by molar-refractivity contribution is -0.128. The zero-order valence-electron chi connectivity index (χ0n) is 16.6. The lowest BCUT2D eigenvalue weighted by Gasteiger charge is -2.28. The molecule has 1 aliphatic carbocycles. The van der Waals surface area contributed by atoms with E-state index >= 15 is 0 Å². The summed E-state index contributed by atoms with van der Waals surface area (Å²) in [6.07, 6.45) is 3.02. The molecule has 3 rings (SSSR count). The Labute approximate surface area is 166 Å². The van der Waals surface area contributed by atoms with Crippen LogP contribution >= 0.6 is 0 Å². The first-order valence-electron chi connectivity index (χ1n) is 10.2. The Morgan fingerprint density at radius 2 is 1.79 bits per heavy atom. The molecule has 2 amide bonds. The number of ether oxygens (including phenoxy) is 2. The van der Waals surface area contributed by atoms with Gasteiger partial charge in [0.25, 0.3) is 0 Å². The molecular weight excluding hydrogens is 358 g/mol. The monoisotopic (exact) mass is 389 g/mol. The molecule has 0 atom stereocenters. The highest BCUT2D eigenvalue weighted by Gasteiger charge is 2.30. The number of rotatable bonds is 7. The SMILES string of the molecule is COc1cccc(NC(=O)C2CCC(C(=O)NCCN3CCOCC3)CC2)c1. The molecule has 1 saturated carbocycles. The molecule has 7 heteroatoms. The van der Waals surface area contributed by atoms with Gasteiger partial charge in [-0.05, 0) is 37.8 Å². The van der Waals surface area contributed by atoms with E-state index in [1.165, 1.54) is 0 Å². The first kappa shape index (κ1) is 20.6. The summed E-state index contributed by atoms with van der Waals surface area (Å²) < 4.78 is 10.5. The molecule has 1 aromatic carbocycles. The van der Waals surface area contributed by atoms with Crippen molar-refractivity contribution >= 4 is 17.5 Å². The van der Waals surface area contributed by atoms with Crippen LogP contribution in [0.3, 0.4) is 0 Å². The number of anilines is 1. The number of carbonyl (C=O) groups excluding carboxylic acids is 2. The maximum absolute atomic E-state index is 12.5. The van der Waals surface area contributed by atoms with Gasteiger partial charge in [0.05, 0.1) is 20.3 Å². The van der Waals surface area contributed by atoms with E-state index in [1.54, 1.807) is 7.11 Å². The summed E-state index contributed by atoms with van der Waals surface area (Å²) in [4.78, 5) is 27.2. The Hall–Kier alpha value is -2.12. The van der Waals surface area contributed by atoms with E-state index in [0.717, 1.165) is 70.0 Å². The van der Waals surface area contributed by atoms with E-state index in [9.17, 15) is 9.59 Å². The van der Waals surface area contributed by atoms with Gasteiger partial charge >= 0.3 is 0 Å². The summed E-state index contributed by atoms with van der Waals surface area (Å²) in [5, 5.41) is 6.03. The van der Waals surface area contributed by atoms with Crippen LogP contribution in [0.2, 0.25) is 0 Å². The maximum Gasteiger partial charge on any atom is 0.227 e. The molecule has 2 fully saturated rings. The summed E-state index contributed by atoms with van der Waals surface area (Å²) in [5.41, 5.74) is 0.743. The van der Waals surface area contributed by atoms with E-state index in [0.29, 0.717) is 6.54 Å².